The van der Waals surface area contributed by atoms with Gasteiger partial charge in [0.25, 0.3) is 0 Å². The zero-order chi connectivity index (χ0) is 16.6. The summed E-state index contributed by atoms with van der Waals surface area (Å²) in [6.45, 7) is 1.14. The van der Waals surface area contributed by atoms with E-state index in [9.17, 15) is 35.9 Å². The quantitative estimate of drug-likeness (QED) is 0.671. The van der Waals surface area contributed by atoms with E-state index in [-0.39, 0.29) is 5.56 Å². The maximum absolute atomic E-state index is 13.5. The number of benzene rings is 1. The largest absolute Gasteiger partial charge is 0.477 e. The number of ketones is 1. The van der Waals surface area contributed by atoms with Crippen molar-refractivity contribution in [3.63, 3.8) is 0 Å². The minimum absolute atomic E-state index is 0.142. The Kier molecular flexibility index (Phi) is 4.08. The Morgan fingerprint density at radius 3 is 1.86 bits per heavy atom. The normalized spacial score (nSPS) is 13.1. The van der Waals surface area contributed by atoms with Crippen LogP contribution in [0.25, 0.3) is 0 Å². The zero-order valence-corrected chi connectivity index (χ0v) is 10.3. The summed E-state index contributed by atoms with van der Waals surface area (Å²) in [6.07, 6.45) is 0. The molecule has 0 aromatic heterocycles. The maximum Gasteiger partial charge on any atom is 0.411 e. The standard InChI is InChI=1S/C12H8F6O3/c1-6-4-2-3-5-7(6)8(19)10(13,14)12(17,18)11(15,16)9(20)21/h2-5H,1H3,(H,20,21). The van der Waals surface area contributed by atoms with Gasteiger partial charge in [-0.15, -0.1) is 0 Å². The minimum atomic E-state index is -6.38. The molecule has 0 aliphatic carbocycles. The molecule has 116 valence electrons. The van der Waals surface area contributed by atoms with Crippen LogP contribution in [0.5, 0.6) is 0 Å². The van der Waals surface area contributed by atoms with E-state index < -0.39 is 35.1 Å². The monoisotopic (exact) mass is 314 g/mol. The molecule has 0 spiro atoms. The van der Waals surface area contributed by atoms with Crippen molar-refractivity contribution in [3.8, 4) is 0 Å². The van der Waals surface area contributed by atoms with Gasteiger partial charge in [0, 0.05) is 5.56 Å². The van der Waals surface area contributed by atoms with Gasteiger partial charge in [-0.1, -0.05) is 24.3 Å². The number of carbonyl (C=O) groups excluding carboxylic acids is 1. The summed E-state index contributed by atoms with van der Waals surface area (Å²) in [7, 11) is 0. The first-order valence-electron chi connectivity index (χ1n) is 5.34. The molecule has 0 atom stereocenters. The molecule has 0 fully saturated rings. The molecule has 1 rings (SSSR count). The first-order valence-corrected chi connectivity index (χ1v) is 5.34. The van der Waals surface area contributed by atoms with Gasteiger partial charge in [0.05, 0.1) is 0 Å². The van der Waals surface area contributed by atoms with Crippen LogP contribution >= 0.6 is 0 Å². The van der Waals surface area contributed by atoms with Crippen LogP contribution in [0, 0.1) is 6.92 Å². The summed E-state index contributed by atoms with van der Waals surface area (Å²) in [6, 6.07) is 4.27. The lowest BCUT2D eigenvalue weighted by molar-refractivity contribution is -0.285. The Morgan fingerprint density at radius 1 is 0.952 bits per heavy atom. The highest BCUT2D eigenvalue weighted by Crippen LogP contribution is 2.47. The Hall–Kier alpha value is -2.06. The number of hydrogen-bond donors (Lipinski definition) is 1. The molecule has 1 aromatic rings. The fourth-order valence-electron chi connectivity index (χ4n) is 1.47. The summed E-state index contributed by atoms with van der Waals surface area (Å²) in [5.41, 5.74) is -1.04. The maximum atomic E-state index is 13.5. The third-order valence-electron chi connectivity index (χ3n) is 2.73. The molecule has 0 saturated carbocycles. The molecule has 0 unspecified atom stereocenters. The number of alkyl halides is 6. The molecule has 3 nitrogen and oxygen atoms in total. The Balaban J connectivity index is 3.37. The van der Waals surface area contributed by atoms with Gasteiger partial charge in [0.1, 0.15) is 0 Å². The molecule has 0 bridgehead atoms. The molecular weight excluding hydrogens is 306 g/mol. The molecule has 0 radical (unpaired) electrons. The fourth-order valence-corrected chi connectivity index (χ4v) is 1.47. The summed E-state index contributed by atoms with van der Waals surface area (Å²) in [5.74, 6) is -24.4. The predicted molar refractivity (Wildman–Crippen MR) is 58.0 cm³/mol. The molecule has 1 aromatic carbocycles. The number of carboxylic acid groups (broad SMARTS) is 1. The van der Waals surface area contributed by atoms with Crippen molar-refractivity contribution in [1.29, 1.82) is 0 Å². The van der Waals surface area contributed by atoms with Gasteiger partial charge in [-0.05, 0) is 12.5 Å². The van der Waals surface area contributed by atoms with E-state index in [1.165, 1.54) is 6.07 Å². The number of halogens is 6. The number of rotatable bonds is 5. The van der Waals surface area contributed by atoms with Crippen LogP contribution in [0.1, 0.15) is 15.9 Å². The van der Waals surface area contributed by atoms with Gasteiger partial charge in [-0.3, -0.25) is 4.79 Å². The topological polar surface area (TPSA) is 54.4 Å². The number of hydrogen-bond acceptors (Lipinski definition) is 2. The molecule has 0 amide bonds. The lowest BCUT2D eigenvalue weighted by Crippen LogP contribution is -2.61. The highest BCUT2D eigenvalue weighted by molar-refractivity contribution is 6.03. The second-order valence-corrected chi connectivity index (χ2v) is 4.17. The third-order valence-corrected chi connectivity index (χ3v) is 2.73. The van der Waals surface area contributed by atoms with Crippen LogP contribution in [0.2, 0.25) is 0 Å². The Morgan fingerprint density at radius 2 is 1.43 bits per heavy atom. The van der Waals surface area contributed by atoms with Crippen molar-refractivity contribution >= 4 is 11.8 Å². The number of carbonyl (C=O) groups is 2. The van der Waals surface area contributed by atoms with Crippen molar-refractivity contribution in [3.05, 3.63) is 35.4 Å². The van der Waals surface area contributed by atoms with Gasteiger partial charge in [0.15, 0.2) is 0 Å². The fraction of sp³-hybridized carbons (Fsp3) is 0.333. The van der Waals surface area contributed by atoms with Crippen molar-refractivity contribution in [2.45, 2.75) is 24.7 Å². The summed E-state index contributed by atoms with van der Waals surface area (Å²) in [5, 5.41) is 7.97. The van der Waals surface area contributed by atoms with Crippen LogP contribution in [-0.2, 0) is 4.79 Å². The van der Waals surface area contributed by atoms with E-state index in [4.69, 9.17) is 5.11 Å². The molecule has 1 N–H and O–H groups in total. The van der Waals surface area contributed by atoms with Crippen LogP contribution in [-0.4, -0.2) is 34.6 Å². The average Bonchev–Trinajstić information content (AvgIpc) is 2.37. The van der Waals surface area contributed by atoms with Gasteiger partial charge < -0.3 is 5.11 Å². The second kappa shape index (κ2) is 5.05. The van der Waals surface area contributed by atoms with Gasteiger partial charge >= 0.3 is 23.7 Å². The van der Waals surface area contributed by atoms with E-state index in [1.807, 2.05) is 0 Å². The molecule has 21 heavy (non-hydrogen) atoms. The average molecular weight is 314 g/mol. The molecule has 0 heterocycles. The molecule has 0 saturated heterocycles. The van der Waals surface area contributed by atoms with E-state index in [0.717, 1.165) is 25.1 Å². The first kappa shape index (κ1) is 17.0. The van der Waals surface area contributed by atoms with Crippen molar-refractivity contribution in [2.75, 3.05) is 0 Å². The van der Waals surface area contributed by atoms with Gasteiger partial charge in [0.2, 0.25) is 5.78 Å². The Labute approximate surface area is 114 Å². The highest BCUT2D eigenvalue weighted by Gasteiger charge is 2.78. The van der Waals surface area contributed by atoms with Crippen molar-refractivity contribution in [1.82, 2.24) is 0 Å². The van der Waals surface area contributed by atoms with Crippen LogP contribution in [0.15, 0.2) is 24.3 Å². The second-order valence-electron chi connectivity index (χ2n) is 4.17. The van der Waals surface area contributed by atoms with Crippen molar-refractivity contribution < 1.29 is 41.0 Å². The molecule has 0 aliphatic heterocycles. The van der Waals surface area contributed by atoms with Crippen LogP contribution in [0.4, 0.5) is 26.3 Å². The minimum Gasteiger partial charge on any atom is -0.477 e. The number of Topliss-reactive ketones (excluding diaryl/α,β-unsaturated/α-hetero) is 1. The third kappa shape index (κ3) is 2.47. The SMILES string of the molecule is Cc1ccccc1C(=O)C(F)(F)C(F)(F)C(F)(F)C(=O)O. The molecule has 9 heteroatoms. The van der Waals surface area contributed by atoms with Crippen LogP contribution in [0.3, 0.4) is 0 Å². The first-order chi connectivity index (χ1) is 9.37. The zero-order valence-electron chi connectivity index (χ0n) is 10.3. The molecule has 0 aliphatic rings. The van der Waals surface area contributed by atoms with Gasteiger partial charge in [-0.25, -0.2) is 4.79 Å². The van der Waals surface area contributed by atoms with Crippen LogP contribution < -0.4 is 0 Å². The van der Waals surface area contributed by atoms with E-state index in [1.54, 1.807) is 0 Å². The lowest BCUT2D eigenvalue weighted by atomic mass is 9.94. The molecular formula is C12H8F6O3. The smallest absolute Gasteiger partial charge is 0.411 e. The van der Waals surface area contributed by atoms with E-state index in [0.29, 0.717) is 0 Å². The number of carboxylic acids is 1. The highest BCUT2D eigenvalue weighted by atomic mass is 19.3. The lowest BCUT2D eigenvalue weighted by Gasteiger charge is -2.29. The van der Waals surface area contributed by atoms with E-state index >= 15 is 0 Å². The number of aliphatic carboxylic acids is 1. The van der Waals surface area contributed by atoms with E-state index in [2.05, 4.69) is 0 Å². The predicted octanol–water partition coefficient (Wildman–Crippen LogP) is 3.17. The Bertz CT molecular complexity index is 582. The summed E-state index contributed by atoms with van der Waals surface area (Å²) < 4.78 is 79.0. The summed E-state index contributed by atoms with van der Waals surface area (Å²) in [4.78, 5) is 21.5. The van der Waals surface area contributed by atoms with Crippen molar-refractivity contribution in [2.24, 2.45) is 0 Å². The summed E-state index contributed by atoms with van der Waals surface area (Å²) >= 11 is 0. The van der Waals surface area contributed by atoms with Gasteiger partial charge in [-0.2, -0.15) is 26.3 Å². The number of aryl methyl sites for hydroxylation is 1.